The molecule has 4 aliphatic heterocycles. The Morgan fingerprint density at radius 1 is 1.06 bits per heavy atom. The minimum atomic E-state index is -0.569. The number of benzene rings is 3. The molecule has 4 aliphatic rings. The highest BCUT2D eigenvalue weighted by atomic mass is 16.7. The highest BCUT2D eigenvalue weighted by Crippen LogP contribution is 2.58. The van der Waals surface area contributed by atoms with E-state index < -0.39 is 18.1 Å². The predicted molar refractivity (Wildman–Crippen MR) is 183 cm³/mol. The number of hydrogen-bond donors (Lipinski definition) is 2. The van der Waals surface area contributed by atoms with Crippen LogP contribution in [0.25, 0.3) is 0 Å². The standard InChI is InChI=1S/C38H42N4O9/c1-19-11-23-13-26-28(15-39)42-27(33(41(26)4)31(23)37(35(19)47-6)48-17-46-5)14-25-32(38-36(49-18-50-38)20(2)34(25)45)29(42)16-40-30(44)12-22-7-9-24(10-8-22)51-21(3)43/h7-11,26-29,33,45H,12-14,16-18H2,1-6H3,(H,40,44)/t26?,27?,28?,29-,33?/m0/s1. The molecule has 0 radical (unpaired) electrons. The molecule has 51 heavy (non-hydrogen) atoms. The molecule has 13 nitrogen and oxygen atoms in total. The number of aromatic hydroxyl groups is 1. The lowest BCUT2D eigenvalue weighted by molar-refractivity contribution is -0.132. The normalized spacial score (nSPS) is 23.0. The van der Waals surface area contributed by atoms with Crippen molar-refractivity contribution in [1.82, 2.24) is 15.1 Å². The minimum absolute atomic E-state index is 0.000296. The van der Waals surface area contributed by atoms with Gasteiger partial charge < -0.3 is 38.8 Å². The number of nitriles is 1. The number of carbonyl (C=O) groups excluding carboxylic acids is 2. The van der Waals surface area contributed by atoms with Crippen LogP contribution in [0.2, 0.25) is 0 Å². The molecule has 0 saturated carbocycles. The number of piperazine rings is 1. The molecule has 2 bridgehead atoms. The first kappa shape index (κ1) is 34.4. The van der Waals surface area contributed by atoms with Gasteiger partial charge in [0.25, 0.3) is 0 Å². The Kier molecular flexibility index (Phi) is 9.18. The van der Waals surface area contributed by atoms with E-state index in [-0.39, 0.29) is 56.3 Å². The summed E-state index contributed by atoms with van der Waals surface area (Å²) in [6.45, 7) is 5.28. The summed E-state index contributed by atoms with van der Waals surface area (Å²) < 4.78 is 34.5. The largest absolute Gasteiger partial charge is 0.507 e. The lowest BCUT2D eigenvalue weighted by atomic mass is 9.71. The van der Waals surface area contributed by atoms with Gasteiger partial charge >= 0.3 is 5.97 Å². The monoisotopic (exact) mass is 698 g/mol. The molecule has 1 fully saturated rings. The van der Waals surface area contributed by atoms with E-state index in [1.54, 1.807) is 45.4 Å². The molecule has 1 amide bonds. The van der Waals surface area contributed by atoms with Gasteiger partial charge in [-0.05, 0) is 62.6 Å². The number of phenols is 1. The zero-order valence-electron chi connectivity index (χ0n) is 29.6. The van der Waals surface area contributed by atoms with E-state index in [1.165, 1.54) is 6.92 Å². The second-order valence-corrected chi connectivity index (χ2v) is 13.5. The first-order valence-electron chi connectivity index (χ1n) is 17.0. The number of aryl methyl sites for hydroxylation is 1. The van der Waals surface area contributed by atoms with Gasteiger partial charge in [-0.3, -0.25) is 19.4 Å². The second-order valence-electron chi connectivity index (χ2n) is 13.5. The quantitative estimate of drug-likeness (QED) is 0.190. The fourth-order valence-electron chi connectivity index (χ4n) is 8.58. The van der Waals surface area contributed by atoms with Gasteiger partial charge in [0.2, 0.25) is 12.7 Å². The van der Waals surface area contributed by atoms with Gasteiger partial charge in [0.1, 0.15) is 17.5 Å². The molecule has 3 aromatic carbocycles. The molecular formula is C38H42N4O9. The van der Waals surface area contributed by atoms with Crippen LogP contribution in [0.15, 0.2) is 30.3 Å². The summed E-state index contributed by atoms with van der Waals surface area (Å²) in [5.41, 5.74) is 5.70. The molecule has 4 unspecified atom stereocenters. The molecule has 1 saturated heterocycles. The Hall–Kier alpha value is -5.03. The molecule has 2 N–H and O–H groups in total. The van der Waals surface area contributed by atoms with Gasteiger partial charge in [0.15, 0.2) is 29.8 Å². The maximum Gasteiger partial charge on any atom is 0.308 e. The van der Waals surface area contributed by atoms with Crippen LogP contribution >= 0.6 is 0 Å². The van der Waals surface area contributed by atoms with Gasteiger partial charge in [0, 0.05) is 54.9 Å². The van der Waals surface area contributed by atoms with E-state index >= 15 is 0 Å². The van der Waals surface area contributed by atoms with Crippen LogP contribution in [0.5, 0.6) is 34.5 Å². The van der Waals surface area contributed by atoms with Crippen molar-refractivity contribution >= 4 is 11.9 Å². The Bertz CT molecular complexity index is 1920. The summed E-state index contributed by atoms with van der Waals surface area (Å²) in [7, 11) is 5.23. The average Bonchev–Trinajstić information content (AvgIpc) is 3.59. The van der Waals surface area contributed by atoms with Crippen LogP contribution in [-0.4, -0.2) is 86.3 Å². The van der Waals surface area contributed by atoms with Crippen LogP contribution in [0, 0.1) is 25.2 Å². The number of carbonyl (C=O) groups is 2. The summed E-state index contributed by atoms with van der Waals surface area (Å²) in [5.74, 6) is 2.08. The number of rotatable bonds is 9. The highest BCUT2D eigenvalue weighted by Gasteiger charge is 2.56. The summed E-state index contributed by atoms with van der Waals surface area (Å²) in [6.07, 6.45) is 1.07. The molecular weight excluding hydrogens is 656 g/mol. The van der Waals surface area contributed by atoms with E-state index in [1.807, 2.05) is 14.0 Å². The number of methoxy groups -OCH3 is 2. The van der Waals surface area contributed by atoms with Crippen molar-refractivity contribution in [2.24, 2.45) is 0 Å². The van der Waals surface area contributed by atoms with Crippen molar-refractivity contribution in [2.45, 2.75) is 70.2 Å². The third-order valence-corrected chi connectivity index (χ3v) is 10.6. The molecule has 4 heterocycles. The molecule has 0 aromatic heterocycles. The number of hydrogen-bond acceptors (Lipinski definition) is 12. The Labute approximate surface area is 296 Å². The number of phenolic OH excluding ortho intramolecular Hbond substituents is 1. The Morgan fingerprint density at radius 3 is 2.49 bits per heavy atom. The minimum Gasteiger partial charge on any atom is -0.507 e. The third kappa shape index (κ3) is 5.77. The first-order valence-corrected chi connectivity index (χ1v) is 17.0. The smallest absolute Gasteiger partial charge is 0.308 e. The van der Waals surface area contributed by atoms with Crippen LogP contribution in [0.1, 0.15) is 58.0 Å². The zero-order chi connectivity index (χ0) is 36.1. The van der Waals surface area contributed by atoms with Gasteiger partial charge in [-0.2, -0.15) is 5.26 Å². The van der Waals surface area contributed by atoms with Crippen molar-refractivity contribution in [3.8, 4) is 40.6 Å². The maximum absolute atomic E-state index is 13.5. The van der Waals surface area contributed by atoms with Crippen molar-refractivity contribution in [2.75, 3.05) is 41.4 Å². The maximum atomic E-state index is 13.5. The number of fused-ring (bicyclic) bond motifs is 9. The second kappa shape index (κ2) is 13.6. The van der Waals surface area contributed by atoms with Crippen molar-refractivity contribution in [3.05, 3.63) is 69.3 Å². The molecule has 5 atom stereocenters. The van der Waals surface area contributed by atoms with Gasteiger partial charge in [0.05, 0.1) is 31.7 Å². The zero-order valence-corrected chi connectivity index (χ0v) is 29.6. The summed E-state index contributed by atoms with van der Waals surface area (Å²) in [5, 5.41) is 25.8. The molecule has 268 valence electrons. The predicted octanol–water partition coefficient (Wildman–Crippen LogP) is 3.78. The third-order valence-electron chi connectivity index (χ3n) is 10.6. The van der Waals surface area contributed by atoms with Crippen molar-refractivity contribution in [3.63, 3.8) is 0 Å². The number of likely N-dealkylation sites (N-methyl/N-ethyl adjacent to an activating group) is 1. The molecule has 0 spiro atoms. The van der Waals surface area contributed by atoms with E-state index in [4.69, 9.17) is 28.4 Å². The number of ether oxygens (including phenoxy) is 6. The van der Waals surface area contributed by atoms with Crippen LogP contribution in [0.4, 0.5) is 0 Å². The van der Waals surface area contributed by atoms with Gasteiger partial charge in [-0.15, -0.1) is 0 Å². The lowest BCUT2D eigenvalue weighted by Gasteiger charge is -2.60. The highest BCUT2D eigenvalue weighted by molar-refractivity contribution is 5.79. The van der Waals surface area contributed by atoms with Gasteiger partial charge in [-0.25, -0.2) is 0 Å². The summed E-state index contributed by atoms with van der Waals surface area (Å²) >= 11 is 0. The molecule has 7 rings (SSSR count). The molecule has 13 heteroatoms. The topological polar surface area (TPSA) is 152 Å². The number of nitrogens with one attached hydrogen (secondary N) is 1. The lowest BCUT2D eigenvalue weighted by Crippen LogP contribution is -2.68. The van der Waals surface area contributed by atoms with Crippen molar-refractivity contribution in [1.29, 1.82) is 5.26 Å². The number of nitrogens with zero attached hydrogens (tertiary/aromatic N) is 3. The molecule has 0 aliphatic carbocycles. The SMILES string of the molecule is COCOc1c(OC)c(C)cc2c1C1C3Cc4c(O)c(C)c5c(c4[C@H](CNC(=O)Cc4ccc(OC(C)=O)cc4)N3C(C#N)C(C2)N1C)OCO5. The average molecular weight is 699 g/mol. The van der Waals surface area contributed by atoms with Crippen LogP contribution in [0.3, 0.4) is 0 Å². The number of amides is 1. The van der Waals surface area contributed by atoms with Crippen LogP contribution < -0.4 is 29.0 Å². The van der Waals surface area contributed by atoms with E-state index in [9.17, 15) is 20.0 Å². The summed E-state index contributed by atoms with van der Waals surface area (Å²) in [4.78, 5) is 29.3. The fourth-order valence-corrected chi connectivity index (χ4v) is 8.58. The Balaban J connectivity index is 1.31. The van der Waals surface area contributed by atoms with E-state index in [0.29, 0.717) is 58.3 Å². The fraction of sp³-hybridized carbons (Fsp3) is 0.447. The first-order chi connectivity index (χ1) is 24.6. The summed E-state index contributed by atoms with van der Waals surface area (Å²) in [6, 6.07) is 9.65. The van der Waals surface area contributed by atoms with Crippen LogP contribution in [-0.2, 0) is 33.6 Å². The van der Waals surface area contributed by atoms with E-state index in [2.05, 4.69) is 27.3 Å². The van der Waals surface area contributed by atoms with Gasteiger partial charge in [-0.1, -0.05) is 18.2 Å². The van der Waals surface area contributed by atoms with Crippen molar-refractivity contribution < 1.29 is 43.1 Å². The van der Waals surface area contributed by atoms with E-state index in [0.717, 1.165) is 22.3 Å². The number of esters is 1. The Morgan fingerprint density at radius 2 is 1.80 bits per heavy atom. The molecule has 3 aromatic rings.